The Balaban J connectivity index is 1.76. The number of methoxy groups -OCH3 is 2. The number of ketones is 2. The minimum atomic E-state index is -2.59. The van der Waals surface area contributed by atoms with Crippen LogP contribution in [0, 0.1) is 29.6 Å². The van der Waals surface area contributed by atoms with Gasteiger partial charge in [-0.25, -0.2) is 9.18 Å². The summed E-state index contributed by atoms with van der Waals surface area (Å²) in [6.07, 6.45) is 1.59. The summed E-state index contributed by atoms with van der Waals surface area (Å²) in [5.41, 5.74) is 6.97. The number of ether oxygens (including phenoxy) is 4. The first-order chi connectivity index (χ1) is 27.7. The molecule has 1 amide bonds. The van der Waals surface area contributed by atoms with E-state index in [1.807, 2.05) is 19.9 Å². The Kier molecular flexibility index (Phi) is 17.5. The second-order valence-electron chi connectivity index (χ2n) is 18.5. The molecule has 4 aliphatic rings. The molecule has 1 aliphatic carbocycles. The first-order valence-corrected chi connectivity index (χ1v) is 21.9. The molecule has 0 aromatic rings. The van der Waals surface area contributed by atoms with Gasteiger partial charge in [0.2, 0.25) is 5.79 Å². The molecular formula is C45H73FN2O11. The van der Waals surface area contributed by atoms with Crippen molar-refractivity contribution in [2.75, 3.05) is 20.8 Å². The number of fused-ring (bicyclic) bond motifs is 3. The first-order valence-electron chi connectivity index (χ1n) is 21.9. The van der Waals surface area contributed by atoms with Gasteiger partial charge in [-0.2, -0.15) is 0 Å². The lowest BCUT2D eigenvalue weighted by molar-refractivity contribution is -0.302. The quantitative estimate of drug-likeness (QED) is 0.154. The SMILES string of the molecule is CCC1C=C(C)C(F)C(C)CC(OC)C2OC(O)(C(=O)C(=O)N3CCCCC3C(=O)OC(C(C)=CC3(N)CCC(CC(C)O)C(O)C3)C(C)CCC1=O)C(C)CC2OC. The summed E-state index contributed by atoms with van der Waals surface area (Å²) in [6, 6.07) is -1.14. The Morgan fingerprint density at radius 1 is 1.07 bits per heavy atom. The third-order valence-corrected chi connectivity index (χ3v) is 13.6. The van der Waals surface area contributed by atoms with Gasteiger partial charge in [0.05, 0.1) is 24.4 Å². The molecule has 4 rings (SSSR count). The second-order valence-corrected chi connectivity index (χ2v) is 18.5. The van der Waals surface area contributed by atoms with Crippen molar-refractivity contribution in [2.24, 2.45) is 35.3 Å². The largest absolute Gasteiger partial charge is 0.456 e. The lowest BCUT2D eigenvalue weighted by atomic mass is 9.72. The molecular weight excluding hydrogens is 763 g/mol. The van der Waals surface area contributed by atoms with Gasteiger partial charge in [0.15, 0.2) is 0 Å². The van der Waals surface area contributed by atoms with E-state index in [0.717, 1.165) is 0 Å². The summed E-state index contributed by atoms with van der Waals surface area (Å²) >= 11 is 0. The third-order valence-electron chi connectivity index (χ3n) is 13.6. The number of cyclic esters (lactones) is 1. The van der Waals surface area contributed by atoms with Crippen LogP contribution in [0.1, 0.15) is 126 Å². The van der Waals surface area contributed by atoms with Crippen molar-refractivity contribution < 1.29 is 57.8 Å². The molecule has 3 fully saturated rings. The average molecular weight is 837 g/mol. The Morgan fingerprint density at radius 2 is 1.73 bits per heavy atom. The number of allylic oxidation sites excluding steroid dienone is 2. The fourth-order valence-corrected chi connectivity index (χ4v) is 9.97. The number of amides is 1. The number of halogens is 1. The maximum Gasteiger partial charge on any atom is 0.329 e. The molecule has 3 heterocycles. The van der Waals surface area contributed by atoms with Crippen molar-refractivity contribution in [1.29, 1.82) is 0 Å². The second kappa shape index (κ2) is 21.0. The van der Waals surface area contributed by atoms with E-state index in [2.05, 4.69) is 0 Å². The van der Waals surface area contributed by atoms with E-state index in [4.69, 9.17) is 24.7 Å². The molecule has 59 heavy (non-hydrogen) atoms. The molecule has 2 saturated heterocycles. The summed E-state index contributed by atoms with van der Waals surface area (Å²) in [5, 5.41) is 33.0. The first kappa shape index (κ1) is 49.1. The highest BCUT2D eigenvalue weighted by Crippen LogP contribution is 2.40. The summed E-state index contributed by atoms with van der Waals surface area (Å²) in [5.74, 6) is -8.28. The van der Waals surface area contributed by atoms with Crippen LogP contribution >= 0.6 is 0 Å². The highest BCUT2D eigenvalue weighted by Gasteiger charge is 2.57. The summed E-state index contributed by atoms with van der Waals surface area (Å²) < 4.78 is 40.3. The molecule has 0 spiro atoms. The molecule has 336 valence electrons. The van der Waals surface area contributed by atoms with E-state index in [9.17, 15) is 34.5 Å². The topological polar surface area (TPSA) is 195 Å². The molecule has 14 heteroatoms. The van der Waals surface area contributed by atoms with Gasteiger partial charge in [0, 0.05) is 44.6 Å². The number of alkyl halides is 1. The third kappa shape index (κ3) is 11.7. The Bertz CT molecular complexity index is 1540. The normalized spacial score (nSPS) is 41.0. The molecule has 5 N–H and O–H groups in total. The molecule has 1 saturated carbocycles. The zero-order chi connectivity index (χ0) is 44.0. The van der Waals surface area contributed by atoms with Gasteiger partial charge in [-0.1, -0.05) is 39.8 Å². The molecule has 0 aromatic heterocycles. The van der Waals surface area contributed by atoms with Crippen molar-refractivity contribution in [2.45, 2.75) is 186 Å². The maximum absolute atomic E-state index is 16.2. The van der Waals surface area contributed by atoms with E-state index >= 15 is 4.39 Å². The van der Waals surface area contributed by atoms with Crippen LogP contribution in [0.4, 0.5) is 4.39 Å². The Morgan fingerprint density at radius 3 is 2.34 bits per heavy atom. The van der Waals surface area contributed by atoms with Crippen molar-refractivity contribution >= 4 is 23.4 Å². The Labute approximate surface area is 350 Å². The minimum absolute atomic E-state index is 0.0702. The van der Waals surface area contributed by atoms with E-state index in [-0.39, 0.29) is 50.4 Å². The number of Topliss-reactive ketones (excluding diaryl/α,β-unsaturated/α-hetero) is 2. The van der Waals surface area contributed by atoms with Crippen molar-refractivity contribution in [1.82, 2.24) is 4.90 Å². The van der Waals surface area contributed by atoms with Gasteiger partial charge < -0.3 is 44.9 Å². The number of rotatable bonds is 7. The van der Waals surface area contributed by atoms with Crippen molar-refractivity contribution in [3.63, 3.8) is 0 Å². The van der Waals surface area contributed by atoms with Crippen LogP contribution in [-0.4, -0.2) is 125 Å². The van der Waals surface area contributed by atoms with Crippen LogP contribution < -0.4 is 5.73 Å². The number of esters is 1. The van der Waals surface area contributed by atoms with Gasteiger partial charge in [-0.15, -0.1) is 0 Å². The van der Waals surface area contributed by atoms with E-state index in [1.165, 1.54) is 19.1 Å². The number of carbonyl (C=O) groups excluding carboxylic acids is 4. The van der Waals surface area contributed by atoms with Crippen LogP contribution in [0.5, 0.6) is 0 Å². The average Bonchev–Trinajstić information content (AvgIpc) is 3.20. The van der Waals surface area contributed by atoms with Crippen LogP contribution in [-0.2, 0) is 38.1 Å². The summed E-state index contributed by atoms with van der Waals surface area (Å²) in [7, 11) is 2.90. The molecule has 13 nitrogen and oxygen atoms in total. The van der Waals surface area contributed by atoms with Gasteiger partial charge in [-0.3, -0.25) is 14.4 Å². The highest BCUT2D eigenvalue weighted by atomic mass is 19.1. The number of piperidine rings is 1. The van der Waals surface area contributed by atoms with Gasteiger partial charge in [0.1, 0.15) is 30.2 Å². The van der Waals surface area contributed by atoms with Gasteiger partial charge >= 0.3 is 5.97 Å². The molecule has 0 aromatic carbocycles. The summed E-state index contributed by atoms with van der Waals surface area (Å²) in [4.78, 5) is 57.8. The van der Waals surface area contributed by atoms with E-state index in [1.54, 1.807) is 40.7 Å². The summed E-state index contributed by atoms with van der Waals surface area (Å²) in [6.45, 7) is 12.3. The van der Waals surface area contributed by atoms with Crippen LogP contribution in [0.3, 0.4) is 0 Å². The Hall–Kier alpha value is -2.59. The molecule has 15 atom stereocenters. The highest BCUT2D eigenvalue weighted by molar-refractivity contribution is 6.39. The molecule has 2 bridgehead atoms. The zero-order valence-corrected chi connectivity index (χ0v) is 36.9. The minimum Gasteiger partial charge on any atom is -0.456 e. The number of aliphatic hydroxyl groups excluding tert-OH is 2. The molecule has 3 aliphatic heterocycles. The maximum atomic E-state index is 16.2. The number of hydrogen-bond donors (Lipinski definition) is 4. The van der Waals surface area contributed by atoms with Crippen LogP contribution in [0.2, 0.25) is 0 Å². The lowest BCUT2D eigenvalue weighted by Gasteiger charge is -2.47. The number of hydrogen-bond acceptors (Lipinski definition) is 12. The fourth-order valence-electron chi connectivity index (χ4n) is 9.97. The van der Waals surface area contributed by atoms with Crippen LogP contribution in [0.15, 0.2) is 23.3 Å². The molecule has 15 unspecified atom stereocenters. The smallest absolute Gasteiger partial charge is 0.329 e. The number of nitrogens with zero attached hydrogens (tertiary/aromatic N) is 1. The van der Waals surface area contributed by atoms with Gasteiger partial charge in [0.25, 0.3) is 11.7 Å². The lowest BCUT2D eigenvalue weighted by Crippen LogP contribution is -2.64. The van der Waals surface area contributed by atoms with Gasteiger partial charge in [-0.05, 0) is 120 Å². The monoisotopic (exact) mass is 837 g/mol. The predicted octanol–water partition coefficient (Wildman–Crippen LogP) is 4.90. The molecule has 0 radical (unpaired) electrons. The standard InChI is InChI=1S/C45H73FN2O11/c1-10-31-19-26(3)38(46)27(4)20-36(56-8)40-37(57-9)21-29(6)45(55,59-40)41(52)42(53)48-18-12-11-13-33(48)43(54)58-39(25(2)14-15-34(31)50)28(5)23-44(47)17-16-32(22-30(7)49)35(51)24-44/h19,23,25,27,29-33,35-40,49,51,55H,10-18,20-22,24,47H2,1-9H3. The van der Waals surface area contributed by atoms with E-state index < -0.39 is 101 Å². The predicted molar refractivity (Wildman–Crippen MR) is 219 cm³/mol. The number of aliphatic hydroxyl groups is 3. The van der Waals surface area contributed by atoms with E-state index in [0.29, 0.717) is 56.1 Å². The fraction of sp³-hybridized carbons (Fsp3) is 0.822. The van der Waals surface area contributed by atoms with Crippen molar-refractivity contribution in [3.8, 4) is 0 Å². The zero-order valence-electron chi connectivity index (χ0n) is 36.9. The number of nitrogens with two attached hydrogens (primary N) is 1. The van der Waals surface area contributed by atoms with Crippen LogP contribution in [0.25, 0.3) is 0 Å². The number of carbonyl (C=O) groups is 4. The van der Waals surface area contributed by atoms with Crippen molar-refractivity contribution in [3.05, 3.63) is 23.3 Å².